The number of hydrogen-bond acceptors (Lipinski definition) is 3. The Labute approximate surface area is 115 Å². The number of fused-ring (bicyclic) bond motifs is 3. The SMILES string of the molecule is C[C@H]1CCN2c3ncc(C(F)(F)F)cc3COC[C@H]2C1. The fourth-order valence-electron chi connectivity index (χ4n) is 3.02. The minimum absolute atomic E-state index is 0.202. The van der Waals surface area contributed by atoms with Crippen molar-refractivity contribution in [3.8, 4) is 0 Å². The maximum atomic E-state index is 12.7. The van der Waals surface area contributed by atoms with Crippen LogP contribution < -0.4 is 4.90 Å². The van der Waals surface area contributed by atoms with E-state index in [4.69, 9.17) is 4.74 Å². The van der Waals surface area contributed by atoms with Gasteiger partial charge in [0.05, 0.1) is 24.8 Å². The summed E-state index contributed by atoms with van der Waals surface area (Å²) in [5.41, 5.74) is -0.166. The Bertz CT molecular complexity index is 504. The van der Waals surface area contributed by atoms with Crippen LogP contribution in [-0.4, -0.2) is 24.2 Å². The van der Waals surface area contributed by atoms with E-state index in [0.717, 1.165) is 25.6 Å². The second kappa shape index (κ2) is 4.91. The van der Waals surface area contributed by atoms with E-state index in [0.29, 0.717) is 23.9 Å². The first-order chi connectivity index (χ1) is 9.45. The smallest absolute Gasteiger partial charge is 0.374 e. The number of alkyl halides is 3. The van der Waals surface area contributed by atoms with Crippen molar-refractivity contribution in [3.05, 3.63) is 23.4 Å². The van der Waals surface area contributed by atoms with Crippen LogP contribution in [0.2, 0.25) is 0 Å². The summed E-state index contributed by atoms with van der Waals surface area (Å²) in [6.07, 6.45) is -1.38. The van der Waals surface area contributed by atoms with E-state index in [2.05, 4.69) is 16.8 Å². The number of hydrogen-bond donors (Lipinski definition) is 0. The van der Waals surface area contributed by atoms with Gasteiger partial charge in [-0.05, 0) is 24.8 Å². The number of aromatic nitrogens is 1. The molecule has 0 bridgehead atoms. The van der Waals surface area contributed by atoms with Crippen LogP contribution in [0.3, 0.4) is 0 Å². The van der Waals surface area contributed by atoms with Crippen molar-refractivity contribution < 1.29 is 17.9 Å². The van der Waals surface area contributed by atoms with E-state index in [1.54, 1.807) is 0 Å². The fraction of sp³-hybridized carbons (Fsp3) is 0.643. The van der Waals surface area contributed by atoms with Crippen molar-refractivity contribution in [1.82, 2.24) is 4.98 Å². The predicted molar refractivity (Wildman–Crippen MR) is 68.4 cm³/mol. The first kappa shape index (κ1) is 13.7. The van der Waals surface area contributed by atoms with Gasteiger partial charge in [-0.15, -0.1) is 0 Å². The summed E-state index contributed by atoms with van der Waals surface area (Å²) in [4.78, 5) is 6.19. The van der Waals surface area contributed by atoms with Crippen molar-refractivity contribution in [2.24, 2.45) is 5.92 Å². The predicted octanol–water partition coefficient (Wildman–Crippen LogP) is 3.24. The molecule has 0 aliphatic carbocycles. The highest BCUT2D eigenvalue weighted by Gasteiger charge is 2.35. The molecule has 20 heavy (non-hydrogen) atoms. The van der Waals surface area contributed by atoms with Crippen molar-refractivity contribution in [2.45, 2.75) is 38.6 Å². The highest BCUT2D eigenvalue weighted by Crippen LogP contribution is 2.35. The summed E-state index contributed by atoms with van der Waals surface area (Å²) in [5, 5.41) is 0. The zero-order valence-electron chi connectivity index (χ0n) is 11.3. The highest BCUT2D eigenvalue weighted by atomic mass is 19.4. The minimum Gasteiger partial charge on any atom is -0.374 e. The van der Waals surface area contributed by atoms with E-state index in [-0.39, 0.29) is 12.6 Å². The number of ether oxygens (including phenoxy) is 1. The van der Waals surface area contributed by atoms with Crippen LogP contribution in [0.15, 0.2) is 12.3 Å². The lowest BCUT2D eigenvalue weighted by Gasteiger charge is -2.38. The largest absolute Gasteiger partial charge is 0.417 e. The Balaban J connectivity index is 1.96. The standard InChI is InChI=1S/C14H17F3N2O/c1-9-2-3-19-12(4-9)8-20-7-10-5-11(14(15,16)17)6-18-13(10)19/h5-6,9,12H,2-4,7-8H2,1H3/t9-,12+/m0/s1. The third-order valence-corrected chi connectivity index (χ3v) is 4.09. The quantitative estimate of drug-likeness (QED) is 0.732. The Morgan fingerprint density at radius 2 is 2.20 bits per heavy atom. The van der Waals surface area contributed by atoms with Gasteiger partial charge in [0, 0.05) is 18.3 Å². The molecule has 0 spiro atoms. The highest BCUT2D eigenvalue weighted by molar-refractivity contribution is 5.50. The normalized spacial score (nSPS) is 26.7. The van der Waals surface area contributed by atoms with E-state index < -0.39 is 11.7 Å². The van der Waals surface area contributed by atoms with Gasteiger partial charge in [0.1, 0.15) is 5.82 Å². The Morgan fingerprint density at radius 3 is 2.95 bits per heavy atom. The van der Waals surface area contributed by atoms with Crippen molar-refractivity contribution in [2.75, 3.05) is 18.1 Å². The van der Waals surface area contributed by atoms with Crippen LogP contribution in [0.4, 0.5) is 19.0 Å². The van der Waals surface area contributed by atoms with Crippen LogP contribution in [0.5, 0.6) is 0 Å². The van der Waals surface area contributed by atoms with Crippen LogP contribution in [-0.2, 0) is 17.5 Å². The van der Waals surface area contributed by atoms with Gasteiger partial charge < -0.3 is 9.64 Å². The zero-order valence-corrected chi connectivity index (χ0v) is 11.3. The topological polar surface area (TPSA) is 25.4 Å². The van der Waals surface area contributed by atoms with E-state index in [1.165, 1.54) is 6.07 Å². The van der Waals surface area contributed by atoms with Crippen molar-refractivity contribution in [3.63, 3.8) is 0 Å². The molecule has 1 fully saturated rings. The maximum absolute atomic E-state index is 12.7. The fourth-order valence-corrected chi connectivity index (χ4v) is 3.02. The third kappa shape index (κ3) is 2.49. The molecule has 0 saturated carbocycles. The molecule has 2 aliphatic rings. The summed E-state index contributed by atoms with van der Waals surface area (Å²) in [6.45, 7) is 3.79. The molecule has 6 heteroatoms. The van der Waals surface area contributed by atoms with E-state index in [1.807, 2.05) is 0 Å². The summed E-state index contributed by atoms with van der Waals surface area (Å²) < 4.78 is 43.8. The maximum Gasteiger partial charge on any atom is 0.417 e. The van der Waals surface area contributed by atoms with Crippen molar-refractivity contribution in [1.29, 1.82) is 0 Å². The van der Waals surface area contributed by atoms with Crippen molar-refractivity contribution >= 4 is 5.82 Å². The second-order valence-electron chi connectivity index (χ2n) is 5.70. The van der Waals surface area contributed by atoms with Gasteiger partial charge in [0.25, 0.3) is 0 Å². The van der Waals surface area contributed by atoms with Gasteiger partial charge in [-0.25, -0.2) is 4.98 Å². The van der Waals surface area contributed by atoms with Gasteiger partial charge in [0.15, 0.2) is 0 Å². The lowest BCUT2D eigenvalue weighted by atomic mass is 9.92. The van der Waals surface area contributed by atoms with Gasteiger partial charge in [-0.3, -0.25) is 0 Å². The molecule has 1 saturated heterocycles. The monoisotopic (exact) mass is 286 g/mol. The molecular weight excluding hydrogens is 269 g/mol. The number of rotatable bonds is 0. The Kier molecular flexibility index (Phi) is 3.36. The van der Waals surface area contributed by atoms with Gasteiger partial charge >= 0.3 is 6.18 Å². The van der Waals surface area contributed by atoms with E-state index in [9.17, 15) is 13.2 Å². The van der Waals surface area contributed by atoms with Crippen LogP contribution in [0, 0.1) is 5.92 Å². The molecule has 0 aromatic carbocycles. The molecule has 0 amide bonds. The summed E-state index contributed by atoms with van der Waals surface area (Å²) in [7, 11) is 0. The number of piperidine rings is 1. The first-order valence-corrected chi connectivity index (χ1v) is 6.85. The number of pyridine rings is 1. The molecule has 0 N–H and O–H groups in total. The lowest BCUT2D eigenvalue weighted by Crippen LogP contribution is -2.44. The molecule has 110 valence electrons. The zero-order chi connectivity index (χ0) is 14.3. The third-order valence-electron chi connectivity index (χ3n) is 4.09. The Hall–Kier alpha value is -1.30. The molecule has 1 aromatic heterocycles. The molecule has 1 aromatic rings. The molecule has 2 atom stereocenters. The number of nitrogens with zero attached hydrogens (tertiary/aromatic N) is 2. The molecule has 3 nitrogen and oxygen atoms in total. The minimum atomic E-state index is -4.36. The van der Waals surface area contributed by atoms with E-state index >= 15 is 0 Å². The van der Waals surface area contributed by atoms with Crippen LogP contribution in [0.1, 0.15) is 30.9 Å². The molecular formula is C14H17F3N2O. The van der Waals surface area contributed by atoms with Gasteiger partial charge in [0.2, 0.25) is 0 Å². The average molecular weight is 286 g/mol. The molecule has 0 radical (unpaired) electrons. The number of halogens is 3. The van der Waals surface area contributed by atoms with Crippen LogP contribution >= 0.6 is 0 Å². The molecule has 3 rings (SSSR count). The average Bonchev–Trinajstić information content (AvgIpc) is 2.55. The van der Waals surface area contributed by atoms with Gasteiger partial charge in [-0.2, -0.15) is 13.2 Å². The summed E-state index contributed by atoms with van der Waals surface area (Å²) in [6, 6.07) is 1.40. The summed E-state index contributed by atoms with van der Waals surface area (Å²) in [5.74, 6) is 1.28. The first-order valence-electron chi connectivity index (χ1n) is 6.85. The molecule has 3 heterocycles. The second-order valence-corrected chi connectivity index (χ2v) is 5.70. The molecule has 2 aliphatic heterocycles. The molecule has 0 unspecified atom stereocenters. The van der Waals surface area contributed by atoms with Crippen LogP contribution in [0.25, 0.3) is 0 Å². The lowest BCUT2D eigenvalue weighted by molar-refractivity contribution is -0.137. The summed E-state index contributed by atoms with van der Waals surface area (Å²) >= 11 is 0. The Morgan fingerprint density at radius 1 is 1.40 bits per heavy atom. The number of anilines is 1. The van der Waals surface area contributed by atoms with Gasteiger partial charge in [-0.1, -0.05) is 6.92 Å².